The van der Waals surface area contributed by atoms with Crippen molar-refractivity contribution in [3.8, 4) is 0 Å². The van der Waals surface area contributed by atoms with Crippen LogP contribution in [0.4, 0.5) is 0 Å². The van der Waals surface area contributed by atoms with Crippen LogP contribution in [-0.4, -0.2) is 18.3 Å². The summed E-state index contributed by atoms with van der Waals surface area (Å²) < 4.78 is 0. The summed E-state index contributed by atoms with van der Waals surface area (Å²) in [4.78, 5) is 0. The fraction of sp³-hybridized carbons (Fsp3) is 0.538. The highest BCUT2D eigenvalue weighted by molar-refractivity contribution is 5.19. The Bertz CT molecular complexity index is 258. The Labute approximate surface area is 92.3 Å². The summed E-state index contributed by atoms with van der Waals surface area (Å²) in [6.45, 7) is 5.55. The molecular formula is C13H21NO. The van der Waals surface area contributed by atoms with Gasteiger partial charge in [-0.3, -0.25) is 0 Å². The van der Waals surface area contributed by atoms with Crippen molar-refractivity contribution in [3.63, 3.8) is 0 Å². The minimum absolute atomic E-state index is 0.257. The number of rotatable bonds is 6. The minimum Gasteiger partial charge on any atom is -0.396 e. The first kappa shape index (κ1) is 12.2. The van der Waals surface area contributed by atoms with Crippen LogP contribution in [-0.2, 0) is 0 Å². The van der Waals surface area contributed by atoms with Crippen LogP contribution in [0.15, 0.2) is 30.3 Å². The molecule has 1 aromatic carbocycles. The molecule has 1 atom stereocenters. The van der Waals surface area contributed by atoms with Gasteiger partial charge in [-0.05, 0) is 24.4 Å². The zero-order valence-corrected chi connectivity index (χ0v) is 9.61. The second-order valence-corrected chi connectivity index (χ2v) is 4.16. The van der Waals surface area contributed by atoms with E-state index in [1.165, 1.54) is 5.56 Å². The monoisotopic (exact) mass is 207 g/mol. The molecule has 0 heterocycles. The van der Waals surface area contributed by atoms with Gasteiger partial charge in [0.2, 0.25) is 0 Å². The first-order valence-electron chi connectivity index (χ1n) is 5.65. The molecule has 0 saturated heterocycles. The van der Waals surface area contributed by atoms with E-state index in [1.807, 2.05) is 6.07 Å². The van der Waals surface area contributed by atoms with Gasteiger partial charge in [-0.15, -0.1) is 0 Å². The number of benzene rings is 1. The van der Waals surface area contributed by atoms with Crippen LogP contribution in [0.2, 0.25) is 0 Å². The molecule has 2 heteroatoms. The number of aliphatic hydroxyl groups excluding tert-OH is 1. The second-order valence-electron chi connectivity index (χ2n) is 4.16. The van der Waals surface area contributed by atoms with Crippen molar-refractivity contribution >= 4 is 0 Å². The molecule has 0 aliphatic heterocycles. The lowest BCUT2D eigenvalue weighted by Gasteiger charge is -2.22. The molecule has 0 saturated carbocycles. The van der Waals surface area contributed by atoms with Crippen LogP contribution < -0.4 is 5.32 Å². The maximum atomic E-state index is 8.75. The quantitative estimate of drug-likeness (QED) is 0.702. The Morgan fingerprint density at radius 2 is 1.87 bits per heavy atom. The van der Waals surface area contributed by atoms with Crippen molar-refractivity contribution in [2.45, 2.75) is 26.3 Å². The van der Waals surface area contributed by atoms with Gasteiger partial charge in [-0.2, -0.15) is 0 Å². The lowest BCUT2D eigenvalue weighted by Crippen LogP contribution is -2.27. The fourth-order valence-corrected chi connectivity index (χ4v) is 1.74. The third-order valence-corrected chi connectivity index (χ3v) is 2.52. The van der Waals surface area contributed by atoms with Gasteiger partial charge in [-0.1, -0.05) is 44.2 Å². The summed E-state index contributed by atoms with van der Waals surface area (Å²) >= 11 is 0. The molecular weight excluding hydrogens is 186 g/mol. The molecule has 2 nitrogen and oxygen atoms in total. The molecule has 0 spiro atoms. The van der Waals surface area contributed by atoms with E-state index in [9.17, 15) is 0 Å². The smallest absolute Gasteiger partial charge is 0.0443 e. The van der Waals surface area contributed by atoms with E-state index in [2.05, 4.69) is 43.4 Å². The number of nitrogens with one attached hydrogen (secondary N) is 1. The van der Waals surface area contributed by atoms with Crippen molar-refractivity contribution in [2.75, 3.05) is 13.2 Å². The molecule has 0 radical (unpaired) electrons. The Balaban J connectivity index is 2.58. The van der Waals surface area contributed by atoms with Crippen LogP contribution in [0, 0.1) is 5.92 Å². The highest BCUT2D eigenvalue weighted by Crippen LogP contribution is 2.20. The van der Waals surface area contributed by atoms with Gasteiger partial charge in [0, 0.05) is 12.6 Å². The van der Waals surface area contributed by atoms with Gasteiger partial charge in [0.25, 0.3) is 0 Å². The van der Waals surface area contributed by atoms with Crippen molar-refractivity contribution < 1.29 is 5.11 Å². The van der Waals surface area contributed by atoms with Crippen LogP contribution in [0.3, 0.4) is 0 Å². The third kappa shape index (κ3) is 4.02. The van der Waals surface area contributed by atoms with E-state index in [0.29, 0.717) is 12.0 Å². The average molecular weight is 207 g/mol. The van der Waals surface area contributed by atoms with E-state index >= 15 is 0 Å². The molecule has 0 aromatic heterocycles. The van der Waals surface area contributed by atoms with Crippen molar-refractivity contribution in [3.05, 3.63) is 35.9 Å². The van der Waals surface area contributed by atoms with Crippen LogP contribution >= 0.6 is 0 Å². The summed E-state index contributed by atoms with van der Waals surface area (Å²) in [6.07, 6.45) is 0.816. The number of hydrogen-bond acceptors (Lipinski definition) is 2. The Kier molecular flexibility index (Phi) is 5.37. The van der Waals surface area contributed by atoms with Crippen LogP contribution in [0.25, 0.3) is 0 Å². The molecule has 0 amide bonds. The van der Waals surface area contributed by atoms with Gasteiger partial charge >= 0.3 is 0 Å². The molecule has 1 aromatic rings. The zero-order valence-electron chi connectivity index (χ0n) is 9.61. The van der Waals surface area contributed by atoms with Gasteiger partial charge in [0.05, 0.1) is 0 Å². The molecule has 0 aliphatic rings. The summed E-state index contributed by atoms with van der Waals surface area (Å²) in [7, 11) is 0. The Hall–Kier alpha value is -0.860. The largest absolute Gasteiger partial charge is 0.396 e. The van der Waals surface area contributed by atoms with Crippen LogP contribution in [0.1, 0.15) is 31.9 Å². The Morgan fingerprint density at radius 3 is 2.40 bits per heavy atom. The van der Waals surface area contributed by atoms with E-state index in [0.717, 1.165) is 13.0 Å². The summed E-state index contributed by atoms with van der Waals surface area (Å²) in [6, 6.07) is 10.9. The standard InChI is InChI=1S/C13H21NO/c1-11(2)13(14-9-6-10-15)12-7-4-3-5-8-12/h3-5,7-8,11,13-15H,6,9-10H2,1-2H3. The predicted octanol–water partition coefficient (Wildman–Crippen LogP) is 2.36. The lowest BCUT2D eigenvalue weighted by atomic mass is 9.96. The highest BCUT2D eigenvalue weighted by Gasteiger charge is 2.13. The third-order valence-electron chi connectivity index (χ3n) is 2.52. The zero-order chi connectivity index (χ0) is 11.1. The molecule has 84 valence electrons. The van der Waals surface area contributed by atoms with Crippen molar-refractivity contribution in [1.82, 2.24) is 5.32 Å². The summed E-state index contributed by atoms with van der Waals surface area (Å²) in [5.41, 5.74) is 1.32. The Morgan fingerprint density at radius 1 is 1.20 bits per heavy atom. The van der Waals surface area contributed by atoms with Crippen LogP contribution in [0.5, 0.6) is 0 Å². The van der Waals surface area contributed by atoms with Gasteiger partial charge in [0.15, 0.2) is 0 Å². The van der Waals surface area contributed by atoms with E-state index in [-0.39, 0.29) is 6.61 Å². The SMILES string of the molecule is CC(C)C(NCCCO)c1ccccc1. The van der Waals surface area contributed by atoms with Gasteiger partial charge in [0.1, 0.15) is 0 Å². The molecule has 2 N–H and O–H groups in total. The molecule has 0 fully saturated rings. The predicted molar refractivity (Wildman–Crippen MR) is 63.7 cm³/mol. The van der Waals surface area contributed by atoms with Gasteiger partial charge in [-0.25, -0.2) is 0 Å². The first-order valence-corrected chi connectivity index (χ1v) is 5.65. The second kappa shape index (κ2) is 6.59. The molecule has 0 bridgehead atoms. The van der Waals surface area contributed by atoms with Crippen molar-refractivity contribution in [2.24, 2.45) is 5.92 Å². The highest BCUT2D eigenvalue weighted by atomic mass is 16.3. The summed E-state index contributed by atoms with van der Waals surface area (Å²) in [5.74, 6) is 0.561. The maximum absolute atomic E-state index is 8.75. The number of aliphatic hydroxyl groups is 1. The molecule has 1 rings (SSSR count). The number of hydrogen-bond donors (Lipinski definition) is 2. The van der Waals surface area contributed by atoms with E-state index in [1.54, 1.807) is 0 Å². The summed E-state index contributed by atoms with van der Waals surface area (Å²) in [5, 5.41) is 12.2. The normalized spacial score (nSPS) is 13.1. The van der Waals surface area contributed by atoms with E-state index in [4.69, 9.17) is 5.11 Å². The molecule has 15 heavy (non-hydrogen) atoms. The maximum Gasteiger partial charge on any atom is 0.0443 e. The first-order chi connectivity index (χ1) is 7.25. The minimum atomic E-state index is 0.257. The molecule has 1 unspecified atom stereocenters. The van der Waals surface area contributed by atoms with E-state index < -0.39 is 0 Å². The topological polar surface area (TPSA) is 32.3 Å². The van der Waals surface area contributed by atoms with Crippen molar-refractivity contribution in [1.29, 1.82) is 0 Å². The average Bonchev–Trinajstić information content (AvgIpc) is 2.25. The lowest BCUT2D eigenvalue weighted by molar-refractivity contribution is 0.279. The fourth-order valence-electron chi connectivity index (χ4n) is 1.74. The van der Waals surface area contributed by atoms with Gasteiger partial charge < -0.3 is 10.4 Å². The molecule has 0 aliphatic carbocycles.